The number of carbonyl (C=O) groups is 3. The molecule has 0 radical (unpaired) electrons. The molecule has 0 fully saturated rings. The van der Waals surface area contributed by atoms with E-state index >= 15 is 0 Å². The molecule has 0 aromatic rings. The van der Waals surface area contributed by atoms with E-state index in [1.165, 1.54) is 167 Å². The molecule has 0 aromatic carbocycles. The standard InChI is InChI=1S/C115H192O16P2/c1-4-7-10-13-16-19-22-25-28-31-34-37-40-43-46-49-52-54-57-59-62-65-68-71-74-77-80-83-86-89-92-95-98-101-113(118)125-104-110(116)105-127-132(121,122)128-106-111(117)107-129-133(123,124)130-109-112(131-115(120)103-100-97-94-91-88-85-82-79-76-73-70-67-64-61-56-51-48-45-42-39-36-33-30-27-24-21-18-15-12-9-6-3)108-126-114(119)102-99-96-93-90-87-84-81-78-75-72-69-66-63-60-58-55-53-50-47-44-41-38-35-32-29-26-23-20-17-14-11-8-5-2/h7-12,16-21,25-30,34-39,43-48,52-56,61,110-112,116-117H,4-6,13-15,22-24,31-33,40-42,49-51,57-60,62-109H2,1-3H3,(H,121,122)(H,123,124)/b10-7-,11-8-,12-9-,19-16-,20-17-,21-18-,28-25-,29-26-,30-27-,37-34-,38-35-,39-36-,46-43-,47-44-,48-45-,54-52-,55-53-,61-56-. The summed E-state index contributed by atoms with van der Waals surface area (Å²) in [4.78, 5) is 59.3. The molecule has 0 aromatic heterocycles. The molecule has 758 valence electrons. The average Bonchev–Trinajstić information content (AvgIpc) is 0.896. The molecule has 0 heterocycles. The maximum Gasteiger partial charge on any atom is 0.472 e. The minimum absolute atomic E-state index is 0.0960. The molecule has 133 heavy (non-hydrogen) atoms. The summed E-state index contributed by atoms with van der Waals surface area (Å²) in [5, 5.41) is 20.8. The van der Waals surface area contributed by atoms with Crippen LogP contribution < -0.4 is 0 Å². The van der Waals surface area contributed by atoms with Crippen molar-refractivity contribution in [2.24, 2.45) is 0 Å². The van der Waals surface area contributed by atoms with Crippen molar-refractivity contribution >= 4 is 33.6 Å². The van der Waals surface area contributed by atoms with Gasteiger partial charge < -0.3 is 34.2 Å². The Balaban J connectivity index is 4.65. The van der Waals surface area contributed by atoms with E-state index in [1.807, 2.05) is 0 Å². The summed E-state index contributed by atoms with van der Waals surface area (Å²) >= 11 is 0. The second-order valence-electron chi connectivity index (χ2n) is 34.9. The van der Waals surface area contributed by atoms with E-state index in [1.54, 1.807) is 0 Å². The van der Waals surface area contributed by atoms with Crippen molar-refractivity contribution in [3.63, 3.8) is 0 Å². The lowest BCUT2D eigenvalue weighted by Crippen LogP contribution is -2.30. The molecular formula is C115H192O16P2. The molecule has 5 unspecified atom stereocenters. The SMILES string of the molecule is CC/C=C\C/C=C\C/C=C\C/C=C\C/C=C\C/C=C\CCCCCCCCCCCCCCCCC(=O)OCC(O)COP(=O)(O)OCC(O)COP(=O)(O)OCC(COC(=O)CCCCCCCCCCCCCCCC/C=C\C/C=C\C/C=C\C/C=C\C/C=C\C/C=C\CC)OC(=O)CCCCCCCCCCCCCC/C=C\C/C=C\C/C=C\C/C=C\C/C=C\C/C=C\CC. The highest BCUT2D eigenvalue weighted by atomic mass is 31.2. The van der Waals surface area contributed by atoms with Gasteiger partial charge in [0.25, 0.3) is 0 Å². The Kier molecular flexibility index (Phi) is 99.9. The quantitative estimate of drug-likeness (QED) is 0.0146. The maximum absolute atomic E-state index is 13.2. The van der Waals surface area contributed by atoms with Crippen LogP contribution in [0.2, 0.25) is 0 Å². The number of phosphoric acid groups is 2. The third-order valence-corrected chi connectivity index (χ3v) is 24.1. The minimum Gasteiger partial charge on any atom is -0.463 e. The van der Waals surface area contributed by atoms with E-state index < -0.39 is 91.5 Å². The third kappa shape index (κ3) is 106. The summed E-state index contributed by atoms with van der Waals surface area (Å²) in [6.07, 6.45) is 144. The van der Waals surface area contributed by atoms with Gasteiger partial charge in [-0.1, -0.05) is 458 Å². The number of rotatable bonds is 99. The number of phosphoric ester groups is 2. The van der Waals surface area contributed by atoms with Crippen LogP contribution in [0.4, 0.5) is 0 Å². The topological polar surface area (TPSA) is 231 Å². The highest BCUT2D eigenvalue weighted by molar-refractivity contribution is 7.47. The first-order chi connectivity index (χ1) is 65.2. The van der Waals surface area contributed by atoms with E-state index in [9.17, 15) is 43.5 Å². The summed E-state index contributed by atoms with van der Waals surface area (Å²) < 4.78 is 61.8. The predicted octanol–water partition coefficient (Wildman–Crippen LogP) is 34.0. The van der Waals surface area contributed by atoms with E-state index in [0.29, 0.717) is 19.3 Å². The zero-order chi connectivity index (χ0) is 96.4. The van der Waals surface area contributed by atoms with Gasteiger partial charge in [0.15, 0.2) is 6.10 Å². The fraction of sp³-hybridized carbons (Fsp3) is 0.661. The molecule has 0 bridgehead atoms. The van der Waals surface area contributed by atoms with Crippen LogP contribution in [0, 0.1) is 0 Å². The summed E-state index contributed by atoms with van der Waals surface area (Å²) in [6.45, 7) is 2.40. The van der Waals surface area contributed by atoms with Gasteiger partial charge in [-0.05, 0) is 173 Å². The monoisotopic (exact) mass is 1890 g/mol. The van der Waals surface area contributed by atoms with Gasteiger partial charge in [-0.3, -0.25) is 32.5 Å². The number of hydrogen-bond acceptors (Lipinski definition) is 14. The third-order valence-electron chi connectivity index (χ3n) is 22.2. The number of aliphatic hydroxyl groups excluding tert-OH is 2. The maximum atomic E-state index is 13.2. The lowest BCUT2D eigenvalue weighted by atomic mass is 10.0. The predicted molar refractivity (Wildman–Crippen MR) is 564 cm³/mol. The molecule has 0 spiro atoms. The second kappa shape index (κ2) is 105. The molecular weight excluding hydrogens is 1700 g/mol. The van der Waals surface area contributed by atoms with Crippen LogP contribution in [0.25, 0.3) is 0 Å². The van der Waals surface area contributed by atoms with Crippen molar-refractivity contribution in [1.29, 1.82) is 0 Å². The molecule has 0 aliphatic heterocycles. The Morgan fingerprint density at radius 1 is 0.211 bits per heavy atom. The van der Waals surface area contributed by atoms with E-state index in [0.717, 1.165) is 205 Å². The van der Waals surface area contributed by atoms with Gasteiger partial charge >= 0.3 is 33.6 Å². The van der Waals surface area contributed by atoms with E-state index in [4.69, 9.17) is 32.3 Å². The van der Waals surface area contributed by atoms with Gasteiger partial charge in [-0.25, -0.2) is 9.13 Å². The summed E-state index contributed by atoms with van der Waals surface area (Å²) in [6, 6.07) is 0. The molecule has 5 atom stereocenters. The second-order valence-corrected chi connectivity index (χ2v) is 37.8. The Morgan fingerprint density at radius 3 is 0.594 bits per heavy atom. The van der Waals surface area contributed by atoms with Crippen LogP contribution >= 0.6 is 15.6 Å². The van der Waals surface area contributed by atoms with Gasteiger partial charge in [-0.2, -0.15) is 0 Å². The Hall–Kier alpha value is -6.13. The van der Waals surface area contributed by atoms with Crippen molar-refractivity contribution < 1.29 is 75.8 Å². The smallest absolute Gasteiger partial charge is 0.463 e. The van der Waals surface area contributed by atoms with Gasteiger partial charge in [0.05, 0.1) is 26.4 Å². The first-order valence-corrected chi connectivity index (χ1v) is 56.0. The molecule has 16 nitrogen and oxygen atoms in total. The molecule has 4 N–H and O–H groups in total. The van der Waals surface area contributed by atoms with E-state index in [2.05, 4.69) is 240 Å². The molecule has 0 rings (SSSR count). The van der Waals surface area contributed by atoms with Crippen LogP contribution in [0.1, 0.15) is 432 Å². The number of hydrogen-bond donors (Lipinski definition) is 4. The van der Waals surface area contributed by atoms with Crippen molar-refractivity contribution in [3.8, 4) is 0 Å². The Morgan fingerprint density at radius 2 is 0.376 bits per heavy atom. The van der Waals surface area contributed by atoms with Crippen LogP contribution in [-0.4, -0.2) is 95.9 Å². The molecule has 0 aliphatic carbocycles. The van der Waals surface area contributed by atoms with Gasteiger partial charge in [-0.15, -0.1) is 0 Å². The first kappa shape index (κ1) is 127. The van der Waals surface area contributed by atoms with Crippen molar-refractivity contribution in [3.05, 3.63) is 219 Å². The fourth-order valence-corrected chi connectivity index (χ4v) is 15.9. The largest absolute Gasteiger partial charge is 0.472 e. The zero-order valence-electron chi connectivity index (χ0n) is 84.1. The lowest BCUT2D eigenvalue weighted by molar-refractivity contribution is -0.161. The van der Waals surface area contributed by atoms with E-state index in [-0.39, 0.29) is 19.3 Å². The van der Waals surface area contributed by atoms with Crippen molar-refractivity contribution in [2.45, 2.75) is 450 Å². The molecule has 18 heteroatoms. The summed E-state index contributed by atoms with van der Waals surface area (Å²) in [5.41, 5.74) is 0. The van der Waals surface area contributed by atoms with Crippen LogP contribution in [-0.2, 0) is 55.8 Å². The van der Waals surface area contributed by atoms with Gasteiger partial charge in [0.1, 0.15) is 25.4 Å². The number of unbranched alkanes of at least 4 members (excludes halogenated alkanes) is 40. The molecule has 0 amide bonds. The van der Waals surface area contributed by atoms with Crippen LogP contribution in [0.15, 0.2) is 219 Å². The Labute approximate surface area is 812 Å². The lowest BCUT2D eigenvalue weighted by Gasteiger charge is -2.21. The van der Waals surface area contributed by atoms with Crippen molar-refractivity contribution in [1.82, 2.24) is 0 Å². The number of aliphatic hydroxyl groups is 2. The first-order valence-electron chi connectivity index (χ1n) is 53.0. The molecule has 0 saturated heterocycles. The number of ether oxygens (including phenoxy) is 3. The normalized spacial score (nSPS) is 14.5. The zero-order valence-corrected chi connectivity index (χ0v) is 85.9. The summed E-state index contributed by atoms with van der Waals surface area (Å²) in [5.74, 6) is -1.57. The molecule has 0 saturated carbocycles. The van der Waals surface area contributed by atoms with Crippen LogP contribution in [0.5, 0.6) is 0 Å². The highest BCUT2D eigenvalue weighted by Gasteiger charge is 2.30. The number of carbonyl (C=O) groups excluding carboxylic acids is 3. The van der Waals surface area contributed by atoms with Crippen LogP contribution in [0.3, 0.4) is 0 Å². The number of esters is 3. The van der Waals surface area contributed by atoms with Crippen molar-refractivity contribution in [2.75, 3.05) is 39.6 Å². The fourth-order valence-electron chi connectivity index (χ4n) is 14.3. The van der Waals surface area contributed by atoms with Gasteiger partial charge in [0.2, 0.25) is 0 Å². The van der Waals surface area contributed by atoms with Gasteiger partial charge in [0, 0.05) is 19.3 Å². The Bertz CT molecular complexity index is 3300. The summed E-state index contributed by atoms with van der Waals surface area (Å²) in [7, 11) is -9.83. The highest BCUT2D eigenvalue weighted by Crippen LogP contribution is 2.45. The minimum atomic E-state index is -4.95. The number of allylic oxidation sites excluding steroid dienone is 36. The molecule has 0 aliphatic rings. The average molecular weight is 1890 g/mol.